The van der Waals surface area contributed by atoms with E-state index in [4.69, 9.17) is 33.7 Å². The highest BCUT2D eigenvalue weighted by Crippen LogP contribution is 2.29. The van der Waals surface area contributed by atoms with E-state index >= 15 is 0 Å². The topological polar surface area (TPSA) is 90.1 Å². The molecule has 0 aliphatic heterocycles. The van der Waals surface area contributed by atoms with Gasteiger partial charge in [-0.3, -0.25) is 0 Å². The SMILES string of the molecule is CC(C)(C)OC(=O)NCC(C)(CN)c1cc(Cl)nnc1Cl. The minimum Gasteiger partial charge on any atom is -0.444 e. The summed E-state index contributed by atoms with van der Waals surface area (Å²) < 4.78 is 5.19. The maximum absolute atomic E-state index is 11.7. The Balaban J connectivity index is 2.86. The molecule has 1 aromatic rings. The first-order valence-electron chi connectivity index (χ1n) is 6.43. The van der Waals surface area contributed by atoms with Crippen LogP contribution in [0.15, 0.2) is 6.07 Å². The van der Waals surface area contributed by atoms with Crippen LogP contribution in [0.4, 0.5) is 4.79 Å². The lowest BCUT2D eigenvalue weighted by atomic mass is 9.83. The van der Waals surface area contributed by atoms with E-state index in [-0.39, 0.29) is 23.4 Å². The average Bonchev–Trinajstić information content (AvgIpc) is 2.37. The van der Waals surface area contributed by atoms with Crippen molar-refractivity contribution in [2.24, 2.45) is 5.73 Å². The van der Waals surface area contributed by atoms with Crippen molar-refractivity contribution in [2.75, 3.05) is 13.1 Å². The highest BCUT2D eigenvalue weighted by Gasteiger charge is 2.30. The third-order valence-electron chi connectivity index (χ3n) is 2.84. The van der Waals surface area contributed by atoms with Crippen molar-refractivity contribution in [1.82, 2.24) is 15.5 Å². The van der Waals surface area contributed by atoms with Crippen molar-refractivity contribution >= 4 is 29.3 Å². The number of rotatable bonds is 4. The number of ether oxygens (including phenoxy) is 1. The molecule has 1 unspecified atom stereocenters. The third-order valence-corrected chi connectivity index (χ3v) is 3.31. The molecule has 3 N–H and O–H groups in total. The maximum Gasteiger partial charge on any atom is 0.407 e. The molecule has 1 amide bonds. The summed E-state index contributed by atoms with van der Waals surface area (Å²) in [7, 11) is 0. The number of halogens is 2. The van der Waals surface area contributed by atoms with E-state index in [1.54, 1.807) is 26.8 Å². The monoisotopic (exact) mass is 334 g/mol. The van der Waals surface area contributed by atoms with E-state index in [1.807, 2.05) is 6.92 Å². The standard InChI is InChI=1S/C13H20Cl2N4O2/c1-12(2,3)21-11(20)17-7-13(4,6-16)8-5-9(14)18-19-10(8)15/h5H,6-7,16H2,1-4H3,(H,17,20). The van der Waals surface area contributed by atoms with Gasteiger partial charge in [-0.1, -0.05) is 30.1 Å². The van der Waals surface area contributed by atoms with Gasteiger partial charge in [-0.15, -0.1) is 10.2 Å². The Hall–Kier alpha value is -1.11. The van der Waals surface area contributed by atoms with Crippen LogP contribution < -0.4 is 11.1 Å². The number of alkyl carbamates (subject to hydrolysis) is 1. The molecule has 8 heteroatoms. The van der Waals surface area contributed by atoms with Gasteiger partial charge in [0.1, 0.15) is 5.60 Å². The number of aromatic nitrogens is 2. The first-order valence-corrected chi connectivity index (χ1v) is 7.19. The van der Waals surface area contributed by atoms with Gasteiger partial charge in [0.2, 0.25) is 0 Å². The zero-order valence-corrected chi connectivity index (χ0v) is 14.0. The fourth-order valence-electron chi connectivity index (χ4n) is 1.64. The van der Waals surface area contributed by atoms with E-state index in [2.05, 4.69) is 15.5 Å². The van der Waals surface area contributed by atoms with Crippen molar-refractivity contribution in [2.45, 2.75) is 38.7 Å². The number of nitrogens with two attached hydrogens (primary N) is 1. The van der Waals surface area contributed by atoms with Crippen molar-refractivity contribution in [3.05, 3.63) is 21.9 Å². The lowest BCUT2D eigenvalue weighted by Gasteiger charge is -2.30. The molecule has 0 saturated heterocycles. The Labute approximate surface area is 134 Å². The summed E-state index contributed by atoms with van der Waals surface area (Å²) in [4.78, 5) is 11.7. The minimum atomic E-state index is -0.631. The fourth-order valence-corrected chi connectivity index (χ4v) is 2.10. The number of nitrogens with zero attached hydrogens (tertiary/aromatic N) is 2. The van der Waals surface area contributed by atoms with Crippen LogP contribution in [0, 0.1) is 0 Å². The third kappa shape index (κ3) is 5.30. The van der Waals surface area contributed by atoms with Gasteiger partial charge in [-0.05, 0) is 26.8 Å². The zero-order valence-electron chi connectivity index (χ0n) is 12.5. The summed E-state index contributed by atoms with van der Waals surface area (Å²) in [5.41, 5.74) is 5.26. The molecular weight excluding hydrogens is 315 g/mol. The van der Waals surface area contributed by atoms with Crippen LogP contribution in [0.2, 0.25) is 10.3 Å². The van der Waals surface area contributed by atoms with Gasteiger partial charge in [0.25, 0.3) is 0 Å². The van der Waals surface area contributed by atoms with Gasteiger partial charge in [-0.2, -0.15) is 0 Å². The van der Waals surface area contributed by atoms with Gasteiger partial charge in [0, 0.05) is 24.1 Å². The Morgan fingerprint density at radius 1 is 1.33 bits per heavy atom. The van der Waals surface area contributed by atoms with Crippen LogP contribution in [-0.2, 0) is 10.2 Å². The molecule has 1 rings (SSSR count). The summed E-state index contributed by atoms with van der Waals surface area (Å²) in [6.45, 7) is 7.70. The van der Waals surface area contributed by atoms with Crippen molar-refractivity contribution in [1.29, 1.82) is 0 Å². The van der Waals surface area contributed by atoms with Crippen molar-refractivity contribution in [3.63, 3.8) is 0 Å². The highest BCUT2D eigenvalue weighted by atomic mass is 35.5. The van der Waals surface area contributed by atoms with Crippen LogP contribution in [0.1, 0.15) is 33.3 Å². The number of carbonyl (C=O) groups is 1. The first-order chi connectivity index (χ1) is 9.57. The van der Waals surface area contributed by atoms with Crippen LogP contribution in [-0.4, -0.2) is 35.0 Å². The van der Waals surface area contributed by atoms with E-state index < -0.39 is 17.1 Å². The lowest BCUT2D eigenvalue weighted by Crippen LogP contribution is -2.45. The summed E-state index contributed by atoms with van der Waals surface area (Å²) in [5.74, 6) is 0. The van der Waals surface area contributed by atoms with Crippen LogP contribution in [0.25, 0.3) is 0 Å². The van der Waals surface area contributed by atoms with Crippen LogP contribution in [0.5, 0.6) is 0 Å². The zero-order chi connectivity index (χ0) is 16.3. The second-order valence-electron chi connectivity index (χ2n) is 5.99. The van der Waals surface area contributed by atoms with Crippen molar-refractivity contribution in [3.8, 4) is 0 Å². The molecular formula is C13H20Cl2N4O2. The molecule has 1 aromatic heterocycles. The number of nitrogens with one attached hydrogen (secondary N) is 1. The first kappa shape index (κ1) is 17.9. The molecule has 1 heterocycles. The Kier molecular flexibility index (Phi) is 5.78. The summed E-state index contributed by atoms with van der Waals surface area (Å²) in [6.07, 6.45) is -0.522. The molecule has 6 nitrogen and oxygen atoms in total. The van der Waals surface area contributed by atoms with Gasteiger partial charge < -0.3 is 15.8 Å². The summed E-state index contributed by atoms with van der Waals surface area (Å²) >= 11 is 11.9. The lowest BCUT2D eigenvalue weighted by molar-refractivity contribution is 0.0516. The molecule has 0 aliphatic carbocycles. The fraction of sp³-hybridized carbons (Fsp3) is 0.615. The predicted molar refractivity (Wildman–Crippen MR) is 82.7 cm³/mol. The van der Waals surface area contributed by atoms with Gasteiger partial charge >= 0.3 is 6.09 Å². The molecule has 0 spiro atoms. The number of hydrogen-bond acceptors (Lipinski definition) is 5. The van der Waals surface area contributed by atoms with E-state index in [9.17, 15) is 4.79 Å². The van der Waals surface area contributed by atoms with Gasteiger partial charge in [-0.25, -0.2) is 4.79 Å². The van der Waals surface area contributed by atoms with E-state index in [1.165, 1.54) is 0 Å². The van der Waals surface area contributed by atoms with E-state index in [0.717, 1.165) is 0 Å². The van der Waals surface area contributed by atoms with Crippen molar-refractivity contribution < 1.29 is 9.53 Å². The number of hydrogen-bond donors (Lipinski definition) is 2. The summed E-state index contributed by atoms with van der Waals surface area (Å²) in [6, 6.07) is 1.60. The van der Waals surface area contributed by atoms with Crippen LogP contribution >= 0.6 is 23.2 Å². The molecule has 118 valence electrons. The number of carbonyl (C=O) groups excluding carboxylic acids is 1. The van der Waals surface area contributed by atoms with E-state index in [0.29, 0.717) is 5.56 Å². The van der Waals surface area contributed by atoms with Gasteiger partial charge in [0.15, 0.2) is 10.3 Å². The molecule has 0 saturated carbocycles. The predicted octanol–water partition coefficient (Wildman–Crippen LogP) is 2.52. The smallest absolute Gasteiger partial charge is 0.407 e. The van der Waals surface area contributed by atoms with Crippen LogP contribution in [0.3, 0.4) is 0 Å². The molecule has 0 aromatic carbocycles. The molecule has 0 bridgehead atoms. The minimum absolute atomic E-state index is 0.207. The molecule has 21 heavy (non-hydrogen) atoms. The highest BCUT2D eigenvalue weighted by molar-refractivity contribution is 6.31. The van der Waals surface area contributed by atoms with Gasteiger partial charge in [0.05, 0.1) is 0 Å². The summed E-state index contributed by atoms with van der Waals surface area (Å²) in [5, 5.41) is 10.5. The second kappa shape index (κ2) is 6.77. The molecule has 1 atom stereocenters. The Morgan fingerprint density at radius 2 is 1.95 bits per heavy atom. The second-order valence-corrected chi connectivity index (χ2v) is 6.74. The Bertz CT molecular complexity index is 519. The normalized spacial score (nSPS) is 14.4. The molecule has 0 fully saturated rings. The average molecular weight is 335 g/mol. The largest absolute Gasteiger partial charge is 0.444 e. The maximum atomic E-state index is 11.7. The molecule has 0 aliphatic rings. The Morgan fingerprint density at radius 3 is 2.48 bits per heavy atom. The number of amides is 1. The molecule has 0 radical (unpaired) electrons. The quantitative estimate of drug-likeness (QED) is 0.882.